The highest BCUT2D eigenvalue weighted by atomic mass is 32.2. The first kappa shape index (κ1) is 15.0. The molecule has 3 rings (SSSR count). The Morgan fingerprint density at radius 3 is 2.90 bits per heavy atom. The van der Waals surface area contributed by atoms with Gasteiger partial charge in [0.15, 0.2) is 0 Å². The molecule has 1 heterocycles. The smallest absolute Gasteiger partial charge is 0.220 e. The van der Waals surface area contributed by atoms with Gasteiger partial charge in [0, 0.05) is 13.2 Å². The predicted octanol–water partition coefficient (Wildman–Crippen LogP) is 1.40. The van der Waals surface area contributed by atoms with E-state index in [0.29, 0.717) is 6.61 Å². The van der Waals surface area contributed by atoms with Crippen molar-refractivity contribution in [1.29, 1.82) is 0 Å². The zero-order valence-electron chi connectivity index (χ0n) is 12.1. The van der Waals surface area contributed by atoms with Gasteiger partial charge in [-0.2, -0.15) is 0 Å². The number of nitrogens with one attached hydrogen (secondary N) is 1. The number of fused-ring (bicyclic) bond motifs is 1. The van der Waals surface area contributed by atoms with Gasteiger partial charge in [-0.1, -0.05) is 24.3 Å². The summed E-state index contributed by atoms with van der Waals surface area (Å²) in [6, 6.07) is 7.91. The first-order valence-corrected chi connectivity index (χ1v) is 8.86. The Morgan fingerprint density at radius 2 is 2.10 bits per heavy atom. The molecule has 1 aromatic rings. The third-order valence-corrected chi connectivity index (χ3v) is 6.21. The second-order valence-electron chi connectivity index (χ2n) is 5.66. The molecule has 0 bridgehead atoms. The summed E-state index contributed by atoms with van der Waals surface area (Å²) in [5.41, 5.74) is 2.34. The van der Waals surface area contributed by atoms with E-state index >= 15 is 0 Å². The van der Waals surface area contributed by atoms with Crippen LogP contribution in [0.25, 0.3) is 0 Å². The van der Waals surface area contributed by atoms with E-state index < -0.39 is 15.3 Å². The molecule has 21 heavy (non-hydrogen) atoms. The van der Waals surface area contributed by atoms with Crippen molar-refractivity contribution >= 4 is 10.0 Å². The van der Waals surface area contributed by atoms with Crippen LogP contribution in [0.5, 0.6) is 0 Å². The monoisotopic (exact) mass is 311 g/mol. The Bertz CT molecular complexity index is 601. The van der Waals surface area contributed by atoms with Crippen molar-refractivity contribution in [3.63, 3.8) is 0 Å². The summed E-state index contributed by atoms with van der Waals surface area (Å²) in [5, 5.41) is -0.628. The topological polar surface area (TPSA) is 64.6 Å². The molecule has 0 amide bonds. The lowest BCUT2D eigenvalue weighted by Crippen LogP contribution is -2.43. The number of aryl methyl sites for hydroxylation is 1. The van der Waals surface area contributed by atoms with E-state index in [1.807, 2.05) is 18.2 Å². The van der Waals surface area contributed by atoms with Crippen LogP contribution < -0.4 is 4.72 Å². The van der Waals surface area contributed by atoms with E-state index in [4.69, 9.17) is 9.47 Å². The molecule has 1 unspecified atom stereocenters. The van der Waals surface area contributed by atoms with Gasteiger partial charge in [-0.05, 0) is 30.4 Å². The average Bonchev–Trinajstić information content (AvgIpc) is 2.97. The molecule has 1 aliphatic carbocycles. The van der Waals surface area contributed by atoms with Gasteiger partial charge in [-0.15, -0.1) is 0 Å². The molecule has 1 aromatic carbocycles. The minimum Gasteiger partial charge on any atom is -0.378 e. The third kappa shape index (κ3) is 2.99. The summed E-state index contributed by atoms with van der Waals surface area (Å²) in [5.74, 6) is 0. The molecule has 1 fully saturated rings. The number of sulfonamides is 1. The minimum absolute atomic E-state index is 0.141. The zero-order chi connectivity index (χ0) is 14.9. The summed E-state index contributed by atoms with van der Waals surface area (Å²) in [7, 11) is -1.94. The molecule has 1 N–H and O–H groups in total. The normalized spacial score (nSPS) is 29.3. The third-order valence-electron chi connectivity index (χ3n) is 4.36. The summed E-state index contributed by atoms with van der Waals surface area (Å²) in [6.07, 6.45) is 2.46. The van der Waals surface area contributed by atoms with Crippen LogP contribution in [0.3, 0.4) is 0 Å². The Morgan fingerprint density at radius 1 is 1.29 bits per heavy atom. The average molecular weight is 311 g/mol. The molecule has 6 heteroatoms. The van der Waals surface area contributed by atoms with Crippen molar-refractivity contribution in [2.45, 2.75) is 36.7 Å². The van der Waals surface area contributed by atoms with Gasteiger partial charge in [0.25, 0.3) is 0 Å². The lowest BCUT2D eigenvalue weighted by molar-refractivity contribution is 0.0828. The maximum Gasteiger partial charge on any atom is 0.220 e. The fraction of sp³-hybridized carbons (Fsp3) is 0.600. The molecule has 0 saturated carbocycles. The summed E-state index contributed by atoms with van der Waals surface area (Å²) < 4.78 is 38.6. The SMILES string of the molecule is CO[C@H]1COC[C@H]1S(=O)(=O)NC1CCCc2ccccc21. The molecule has 1 aliphatic heterocycles. The van der Waals surface area contributed by atoms with E-state index in [2.05, 4.69) is 10.8 Å². The van der Waals surface area contributed by atoms with E-state index in [0.717, 1.165) is 24.8 Å². The van der Waals surface area contributed by atoms with Crippen LogP contribution in [0.2, 0.25) is 0 Å². The number of hydrogen-bond acceptors (Lipinski definition) is 4. The van der Waals surface area contributed by atoms with Gasteiger partial charge in [0.1, 0.15) is 11.4 Å². The molecular weight excluding hydrogens is 290 g/mol. The fourth-order valence-electron chi connectivity index (χ4n) is 3.19. The van der Waals surface area contributed by atoms with Crippen LogP contribution in [-0.4, -0.2) is 40.1 Å². The Balaban J connectivity index is 1.80. The number of rotatable bonds is 4. The van der Waals surface area contributed by atoms with Crippen molar-refractivity contribution < 1.29 is 17.9 Å². The van der Waals surface area contributed by atoms with Gasteiger partial charge in [0.2, 0.25) is 10.0 Å². The van der Waals surface area contributed by atoms with E-state index in [1.54, 1.807) is 0 Å². The number of hydrogen-bond donors (Lipinski definition) is 1. The van der Waals surface area contributed by atoms with Crippen LogP contribution in [0.4, 0.5) is 0 Å². The Kier molecular flexibility index (Phi) is 4.31. The largest absolute Gasteiger partial charge is 0.378 e. The maximum absolute atomic E-state index is 12.6. The number of ether oxygens (including phenoxy) is 2. The summed E-state index contributed by atoms with van der Waals surface area (Å²) in [6.45, 7) is 0.533. The van der Waals surface area contributed by atoms with E-state index in [-0.39, 0.29) is 18.8 Å². The molecular formula is C15H21NO4S. The second-order valence-corrected chi connectivity index (χ2v) is 7.59. The van der Waals surface area contributed by atoms with Crippen molar-refractivity contribution in [3.8, 4) is 0 Å². The molecule has 2 aliphatic rings. The fourth-order valence-corrected chi connectivity index (χ4v) is 4.87. The molecule has 116 valence electrons. The molecule has 3 atom stereocenters. The highest BCUT2D eigenvalue weighted by molar-refractivity contribution is 7.90. The van der Waals surface area contributed by atoms with E-state index in [9.17, 15) is 8.42 Å². The van der Waals surface area contributed by atoms with Gasteiger partial charge in [0.05, 0.1) is 13.2 Å². The highest BCUT2D eigenvalue weighted by Gasteiger charge is 2.40. The standard InChI is InChI=1S/C15H21NO4S/c1-19-14-9-20-10-15(14)21(17,18)16-13-8-4-6-11-5-2-3-7-12(11)13/h2-3,5,7,13-16H,4,6,8-10H2,1H3/t13?,14-,15+/m0/s1. The van der Waals surface area contributed by atoms with Crippen LogP contribution in [0, 0.1) is 0 Å². The first-order chi connectivity index (χ1) is 10.1. The highest BCUT2D eigenvalue weighted by Crippen LogP contribution is 2.31. The summed E-state index contributed by atoms with van der Waals surface area (Å²) >= 11 is 0. The van der Waals surface area contributed by atoms with Crippen molar-refractivity contribution in [3.05, 3.63) is 35.4 Å². The Hall–Kier alpha value is -0.950. The maximum atomic E-state index is 12.6. The lowest BCUT2D eigenvalue weighted by atomic mass is 9.88. The molecule has 5 nitrogen and oxygen atoms in total. The van der Waals surface area contributed by atoms with Crippen LogP contribution in [-0.2, 0) is 25.9 Å². The number of methoxy groups -OCH3 is 1. The minimum atomic E-state index is -3.46. The zero-order valence-corrected chi connectivity index (χ0v) is 12.9. The molecule has 1 saturated heterocycles. The first-order valence-electron chi connectivity index (χ1n) is 7.31. The second kappa shape index (κ2) is 6.04. The van der Waals surface area contributed by atoms with Crippen LogP contribution >= 0.6 is 0 Å². The Labute approximate surface area is 125 Å². The van der Waals surface area contributed by atoms with Crippen LogP contribution in [0.1, 0.15) is 30.0 Å². The molecule has 0 aromatic heterocycles. The molecule has 0 spiro atoms. The van der Waals surface area contributed by atoms with Crippen molar-refractivity contribution in [1.82, 2.24) is 4.72 Å². The van der Waals surface area contributed by atoms with Crippen LogP contribution in [0.15, 0.2) is 24.3 Å². The van der Waals surface area contributed by atoms with Crippen molar-refractivity contribution in [2.24, 2.45) is 0 Å². The van der Waals surface area contributed by atoms with Gasteiger partial charge in [-0.25, -0.2) is 13.1 Å². The van der Waals surface area contributed by atoms with E-state index in [1.165, 1.54) is 12.7 Å². The summed E-state index contributed by atoms with van der Waals surface area (Å²) in [4.78, 5) is 0. The van der Waals surface area contributed by atoms with Gasteiger partial charge >= 0.3 is 0 Å². The lowest BCUT2D eigenvalue weighted by Gasteiger charge is -2.28. The van der Waals surface area contributed by atoms with Gasteiger partial charge < -0.3 is 9.47 Å². The van der Waals surface area contributed by atoms with Gasteiger partial charge in [-0.3, -0.25) is 0 Å². The predicted molar refractivity (Wildman–Crippen MR) is 79.6 cm³/mol. The number of benzene rings is 1. The molecule has 0 radical (unpaired) electrons. The van der Waals surface area contributed by atoms with Crippen molar-refractivity contribution in [2.75, 3.05) is 20.3 Å². The quantitative estimate of drug-likeness (QED) is 0.913.